The van der Waals surface area contributed by atoms with Gasteiger partial charge in [0, 0.05) is 37.2 Å². The molecule has 3 aliphatic heterocycles. The zero-order chi connectivity index (χ0) is 18.6. The Morgan fingerprint density at radius 1 is 1.22 bits per heavy atom. The summed E-state index contributed by atoms with van der Waals surface area (Å²) in [5.41, 5.74) is 3.03. The largest absolute Gasteiger partial charge is 0.322 e. The van der Waals surface area contributed by atoms with Gasteiger partial charge in [-0.2, -0.15) is 0 Å². The first kappa shape index (κ1) is 16.9. The number of imide groups is 1. The van der Waals surface area contributed by atoms with Crippen molar-refractivity contribution in [1.82, 2.24) is 20.9 Å². The summed E-state index contributed by atoms with van der Waals surface area (Å²) in [5.74, 6) is -0.0236. The quantitative estimate of drug-likeness (QED) is 0.665. The molecule has 3 heterocycles. The third kappa shape index (κ3) is 2.60. The molecule has 27 heavy (non-hydrogen) atoms. The van der Waals surface area contributed by atoms with Crippen molar-refractivity contribution in [3.8, 4) is 0 Å². The maximum atomic E-state index is 12.9. The van der Waals surface area contributed by atoms with Crippen LogP contribution in [-0.2, 0) is 22.7 Å². The van der Waals surface area contributed by atoms with Gasteiger partial charge in [0.1, 0.15) is 6.04 Å². The van der Waals surface area contributed by atoms with Gasteiger partial charge in [0.25, 0.3) is 5.91 Å². The number of rotatable bonds is 4. The molecule has 1 aromatic rings. The fourth-order valence-electron chi connectivity index (χ4n) is 5.08. The van der Waals surface area contributed by atoms with Gasteiger partial charge in [-0.25, -0.2) is 0 Å². The molecule has 4 aliphatic rings. The highest BCUT2D eigenvalue weighted by molar-refractivity contribution is 6.05. The number of nitrogens with one attached hydrogen (secondary N) is 3. The number of hydrogen-bond acceptors (Lipinski definition) is 5. The molecule has 1 saturated carbocycles. The Bertz CT molecular complexity index is 839. The van der Waals surface area contributed by atoms with Gasteiger partial charge in [-0.15, -0.1) is 0 Å². The van der Waals surface area contributed by atoms with Crippen LogP contribution in [0.25, 0.3) is 0 Å². The molecule has 7 heteroatoms. The van der Waals surface area contributed by atoms with Crippen molar-refractivity contribution in [3.05, 3.63) is 34.9 Å². The van der Waals surface area contributed by atoms with Crippen molar-refractivity contribution in [2.24, 2.45) is 5.92 Å². The van der Waals surface area contributed by atoms with E-state index in [-0.39, 0.29) is 29.7 Å². The van der Waals surface area contributed by atoms with Crippen LogP contribution in [-0.4, -0.2) is 47.3 Å². The van der Waals surface area contributed by atoms with Crippen LogP contribution in [0.1, 0.15) is 47.2 Å². The second-order valence-corrected chi connectivity index (χ2v) is 8.22. The van der Waals surface area contributed by atoms with Gasteiger partial charge in [0.2, 0.25) is 11.8 Å². The van der Waals surface area contributed by atoms with Crippen LogP contribution in [0.4, 0.5) is 0 Å². The molecule has 5 rings (SSSR count). The lowest BCUT2D eigenvalue weighted by Gasteiger charge is -2.45. The zero-order valence-corrected chi connectivity index (χ0v) is 15.2. The Morgan fingerprint density at radius 3 is 2.85 bits per heavy atom. The molecule has 0 aromatic heterocycles. The third-order valence-electron chi connectivity index (χ3n) is 6.86. The van der Waals surface area contributed by atoms with E-state index in [1.165, 1.54) is 12.8 Å². The molecule has 0 radical (unpaired) electrons. The summed E-state index contributed by atoms with van der Waals surface area (Å²) in [5, 5.41) is 9.59. The van der Waals surface area contributed by atoms with Gasteiger partial charge >= 0.3 is 0 Å². The molecular formula is C20H24N4O3. The molecule has 2 saturated heterocycles. The third-order valence-corrected chi connectivity index (χ3v) is 6.86. The highest BCUT2D eigenvalue weighted by Gasteiger charge is 2.49. The average molecular weight is 368 g/mol. The summed E-state index contributed by atoms with van der Waals surface area (Å²) in [6, 6.07) is 5.27. The molecule has 3 atom stereocenters. The SMILES string of the molecule is O=C1CCC(N2Cc3c(CN[C@]45CC[C@H]4CNC5)cccc3C2=O)C(=O)N1. The minimum Gasteiger partial charge on any atom is -0.322 e. The lowest BCUT2D eigenvalue weighted by atomic mass is 9.69. The second kappa shape index (κ2) is 6.14. The lowest BCUT2D eigenvalue weighted by Crippen LogP contribution is -2.57. The molecule has 3 fully saturated rings. The van der Waals surface area contributed by atoms with E-state index in [4.69, 9.17) is 0 Å². The van der Waals surface area contributed by atoms with Crippen LogP contribution in [0, 0.1) is 5.92 Å². The first-order chi connectivity index (χ1) is 13.1. The van der Waals surface area contributed by atoms with Crippen molar-refractivity contribution in [2.75, 3.05) is 13.1 Å². The van der Waals surface area contributed by atoms with Crippen LogP contribution in [0.2, 0.25) is 0 Å². The van der Waals surface area contributed by atoms with E-state index < -0.39 is 6.04 Å². The molecule has 3 N–H and O–H groups in total. The molecule has 7 nitrogen and oxygen atoms in total. The summed E-state index contributed by atoms with van der Waals surface area (Å²) in [6.45, 7) is 3.26. The first-order valence-corrected chi connectivity index (χ1v) is 9.78. The Hall–Kier alpha value is -2.25. The van der Waals surface area contributed by atoms with Crippen LogP contribution in [0.3, 0.4) is 0 Å². The van der Waals surface area contributed by atoms with E-state index in [2.05, 4.69) is 22.0 Å². The summed E-state index contributed by atoms with van der Waals surface area (Å²) in [7, 11) is 0. The zero-order valence-electron chi connectivity index (χ0n) is 15.2. The van der Waals surface area contributed by atoms with Crippen molar-refractivity contribution < 1.29 is 14.4 Å². The van der Waals surface area contributed by atoms with Gasteiger partial charge in [-0.1, -0.05) is 12.1 Å². The number of amides is 3. The van der Waals surface area contributed by atoms with Crippen LogP contribution < -0.4 is 16.0 Å². The predicted molar refractivity (Wildman–Crippen MR) is 97.7 cm³/mol. The van der Waals surface area contributed by atoms with E-state index in [1.807, 2.05) is 12.1 Å². The van der Waals surface area contributed by atoms with E-state index in [0.29, 0.717) is 24.4 Å². The van der Waals surface area contributed by atoms with Crippen molar-refractivity contribution in [1.29, 1.82) is 0 Å². The van der Waals surface area contributed by atoms with Crippen molar-refractivity contribution in [2.45, 2.75) is 50.4 Å². The molecule has 1 aromatic carbocycles. The van der Waals surface area contributed by atoms with E-state index in [1.54, 1.807) is 4.90 Å². The Morgan fingerprint density at radius 2 is 2.11 bits per heavy atom. The fourth-order valence-corrected chi connectivity index (χ4v) is 5.08. The van der Waals surface area contributed by atoms with Gasteiger partial charge in [-0.05, 0) is 48.9 Å². The smallest absolute Gasteiger partial charge is 0.255 e. The summed E-state index contributed by atoms with van der Waals surface area (Å²) in [6.07, 6.45) is 3.14. The van der Waals surface area contributed by atoms with E-state index in [9.17, 15) is 14.4 Å². The Labute approximate surface area is 157 Å². The topological polar surface area (TPSA) is 90.5 Å². The number of hydrogen-bond donors (Lipinski definition) is 3. The Balaban J connectivity index is 1.35. The van der Waals surface area contributed by atoms with Crippen LogP contribution >= 0.6 is 0 Å². The number of nitrogens with zero attached hydrogens (tertiary/aromatic N) is 1. The van der Waals surface area contributed by atoms with Gasteiger partial charge in [0.15, 0.2) is 0 Å². The van der Waals surface area contributed by atoms with Crippen molar-refractivity contribution >= 4 is 17.7 Å². The lowest BCUT2D eigenvalue weighted by molar-refractivity contribution is -0.136. The molecule has 142 valence electrons. The van der Waals surface area contributed by atoms with Crippen LogP contribution in [0.5, 0.6) is 0 Å². The minimum atomic E-state index is -0.558. The minimum absolute atomic E-state index is 0.108. The summed E-state index contributed by atoms with van der Waals surface area (Å²) in [4.78, 5) is 38.1. The molecular weight excluding hydrogens is 344 g/mol. The Kier molecular flexibility index (Phi) is 3.84. The molecule has 3 amide bonds. The number of carbonyl (C=O) groups is 3. The number of piperidine rings is 1. The summed E-state index contributed by atoms with van der Waals surface area (Å²) >= 11 is 0. The highest BCUT2D eigenvalue weighted by Crippen LogP contribution is 2.41. The standard InChI is InChI=1S/C20H24N4O3/c25-17-5-4-16(18(26)23-17)24-10-15-12(2-1-3-14(15)19(24)27)8-22-20-7-6-13(20)9-21-11-20/h1-3,13,16,21-22H,4-11H2,(H,23,25,26)/t13-,16?,20-/m0/s1. The van der Waals surface area contributed by atoms with Gasteiger partial charge < -0.3 is 15.5 Å². The monoisotopic (exact) mass is 368 g/mol. The van der Waals surface area contributed by atoms with Gasteiger partial charge in [-0.3, -0.25) is 19.7 Å². The number of benzene rings is 1. The highest BCUT2D eigenvalue weighted by atomic mass is 16.2. The normalized spacial score (nSPS) is 32.1. The predicted octanol–water partition coefficient (Wildman–Crippen LogP) is 0.289. The molecule has 1 aliphatic carbocycles. The average Bonchev–Trinajstić information content (AvgIpc) is 3.11. The molecule has 0 bridgehead atoms. The number of carbonyl (C=O) groups excluding carboxylic acids is 3. The summed E-state index contributed by atoms with van der Waals surface area (Å²) < 4.78 is 0. The van der Waals surface area contributed by atoms with Crippen molar-refractivity contribution in [3.63, 3.8) is 0 Å². The van der Waals surface area contributed by atoms with E-state index in [0.717, 1.165) is 30.8 Å². The first-order valence-electron chi connectivity index (χ1n) is 9.78. The van der Waals surface area contributed by atoms with Crippen LogP contribution in [0.15, 0.2) is 18.2 Å². The van der Waals surface area contributed by atoms with E-state index >= 15 is 0 Å². The fraction of sp³-hybridized carbons (Fsp3) is 0.550. The van der Waals surface area contributed by atoms with Gasteiger partial charge in [0.05, 0.1) is 0 Å². The maximum absolute atomic E-state index is 12.9. The number of fused-ring (bicyclic) bond motifs is 2. The molecule has 0 spiro atoms. The maximum Gasteiger partial charge on any atom is 0.255 e. The molecule has 1 unspecified atom stereocenters. The second-order valence-electron chi connectivity index (χ2n) is 8.22.